The Hall–Kier alpha value is -1.60. The van der Waals surface area contributed by atoms with Gasteiger partial charge in [-0.1, -0.05) is 47.2 Å². The van der Waals surface area contributed by atoms with Gasteiger partial charge in [-0.2, -0.15) is 0 Å². The smallest absolute Gasteiger partial charge is 0.239 e. The zero-order chi connectivity index (χ0) is 19.5. The average molecular weight is 433 g/mol. The number of benzene rings is 2. The minimum absolute atomic E-state index is 0.0391. The number of thioether (sulfide) groups is 1. The summed E-state index contributed by atoms with van der Waals surface area (Å²) in [6.45, 7) is 3.31. The van der Waals surface area contributed by atoms with Crippen molar-refractivity contribution in [3.8, 4) is 0 Å². The molecule has 2 aromatic carbocycles. The van der Waals surface area contributed by atoms with E-state index < -0.39 is 0 Å². The van der Waals surface area contributed by atoms with Crippen LogP contribution in [0.4, 0.5) is 5.13 Å². The number of aromatic nitrogens is 1. The fourth-order valence-corrected chi connectivity index (χ4v) is 5.36. The first-order valence-electron chi connectivity index (χ1n) is 9.27. The van der Waals surface area contributed by atoms with Gasteiger partial charge >= 0.3 is 0 Å². The highest BCUT2D eigenvalue weighted by Crippen LogP contribution is 2.36. The van der Waals surface area contributed by atoms with Crippen molar-refractivity contribution in [2.24, 2.45) is 0 Å². The standard InChI is InChI=1S/C21H21ClN2O2S2/c1-14-9-10-17(22)20-19(14)23-21(28-20)24(12-15-6-5-11-26-15)18(25)13-27-16-7-3-2-4-8-16/h2-4,7-10,15H,5-6,11-13H2,1H3. The molecular weight excluding hydrogens is 412 g/mol. The second-order valence-corrected chi connectivity index (χ2v) is 9.21. The molecule has 1 unspecified atom stereocenters. The van der Waals surface area contributed by atoms with Crippen molar-refractivity contribution in [3.63, 3.8) is 0 Å². The molecule has 3 aromatic rings. The molecule has 1 aliphatic rings. The van der Waals surface area contributed by atoms with Crippen LogP contribution in [0.25, 0.3) is 10.2 Å². The molecule has 0 N–H and O–H groups in total. The van der Waals surface area contributed by atoms with Gasteiger partial charge in [0.15, 0.2) is 5.13 Å². The summed E-state index contributed by atoms with van der Waals surface area (Å²) in [6, 6.07) is 13.8. The topological polar surface area (TPSA) is 42.4 Å². The maximum Gasteiger partial charge on any atom is 0.239 e. The molecule has 0 radical (unpaired) electrons. The van der Waals surface area contributed by atoms with Gasteiger partial charge in [0, 0.05) is 11.5 Å². The highest BCUT2D eigenvalue weighted by atomic mass is 35.5. The molecule has 0 aliphatic carbocycles. The molecule has 1 atom stereocenters. The zero-order valence-electron chi connectivity index (χ0n) is 15.6. The molecule has 1 amide bonds. The van der Waals surface area contributed by atoms with Gasteiger partial charge in [-0.05, 0) is 43.5 Å². The Bertz CT molecular complexity index is 932. The van der Waals surface area contributed by atoms with Gasteiger partial charge in [-0.3, -0.25) is 9.69 Å². The highest BCUT2D eigenvalue weighted by Gasteiger charge is 2.26. The second kappa shape index (κ2) is 8.82. The Labute approximate surface area is 177 Å². The van der Waals surface area contributed by atoms with E-state index in [4.69, 9.17) is 21.3 Å². The number of amides is 1. The summed E-state index contributed by atoms with van der Waals surface area (Å²) >= 11 is 9.39. The molecule has 1 aliphatic heterocycles. The van der Waals surface area contributed by atoms with Gasteiger partial charge in [0.25, 0.3) is 0 Å². The lowest BCUT2D eigenvalue weighted by atomic mass is 10.2. The lowest BCUT2D eigenvalue weighted by Crippen LogP contribution is -2.38. The summed E-state index contributed by atoms with van der Waals surface area (Å²) in [5, 5.41) is 1.37. The normalized spacial score (nSPS) is 16.6. The lowest BCUT2D eigenvalue weighted by molar-refractivity contribution is -0.116. The quantitative estimate of drug-likeness (QED) is 0.478. The van der Waals surface area contributed by atoms with Crippen molar-refractivity contribution in [2.75, 3.05) is 23.8 Å². The summed E-state index contributed by atoms with van der Waals surface area (Å²) in [4.78, 5) is 20.8. The van der Waals surface area contributed by atoms with Crippen LogP contribution in [0.5, 0.6) is 0 Å². The molecule has 4 rings (SSSR count). The summed E-state index contributed by atoms with van der Waals surface area (Å²) < 4.78 is 6.72. The molecule has 2 heterocycles. The van der Waals surface area contributed by atoms with E-state index in [-0.39, 0.29) is 12.0 Å². The van der Waals surface area contributed by atoms with Gasteiger partial charge < -0.3 is 4.74 Å². The van der Waals surface area contributed by atoms with Crippen LogP contribution in [0.15, 0.2) is 47.4 Å². The van der Waals surface area contributed by atoms with E-state index >= 15 is 0 Å². The third-order valence-corrected chi connectivity index (χ3v) is 7.27. The van der Waals surface area contributed by atoms with Crippen LogP contribution in [-0.4, -0.2) is 35.9 Å². The second-order valence-electron chi connectivity index (χ2n) is 6.78. The number of halogens is 1. The largest absolute Gasteiger partial charge is 0.376 e. The Morgan fingerprint density at radius 3 is 2.86 bits per heavy atom. The molecule has 28 heavy (non-hydrogen) atoms. The van der Waals surface area contributed by atoms with Crippen molar-refractivity contribution in [1.82, 2.24) is 4.98 Å². The van der Waals surface area contributed by atoms with Crippen molar-refractivity contribution in [3.05, 3.63) is 53.1 Å². The molecular formula is C21H21ClN2O2S2. The third-order valence-electron chi connectivity index (χ3n) is 4.73. The number of carbonyl (C=O) groups excluding carboxylic acids is 1. The first-order chi connectivity index (χ1) is 13.6. The third kappa shape index (κ3) is 4.35. The highest BCUT2D eigenvalue weighted by molar-refractivity contribution is 8.00. The maximum absolute atomic E-state index is 13.1. The molecule has 1 aromatic heterocycles. The van der Waals surface area contributed by atoms with E-state index in [1.165, 1.54) is 11.3 Å². The first-order valence-corrected chi connectivity index (χ1v) is 11.5. The lowest BCUT2D eigenvalue weighted by Gasteiger charge is -2.23. The number of hydrogen-bond acceptors (Lipinski definition) is 5. The number of carbonyl (C=O) groups is 1. The molecule has 1 saturated heterocycles. The minimum atomic E-state index is 0.0391. The van der Waals surface area contributed by atoms with E-state index in [1.54, 1.807) is 16.7 Å². The van der Waals surface area contributed by atoms with Crippen molar-refractivity contribution >= 4 is 56.0 Å². The van der Waals surface area contributed by atoms with E-state index in [0.29, 0.717) is 22.5 Å². The van der Waals surface area contributed by atoms with Gasteiger partial charge in [0.1, 0.15) is 0 Å². The number of aryl methyl sites for hydroxylation is 1. The number of ether oxygens (including phenoxy) is 1. The average Bonchev–Trinajstić information content (AvgIpc) is 3.38. The Morgan fingerprint density at radius 2 is 2.14 bits per heavy atom. The number of thiazole rings is 1. The van der Waals surface area contributed by atoms with Crippen LogP contribution < -0.4 is 4.90 Å². The number of rotatable bonds is 6. The molecule has 0 saturated carbocycles. The predicted octanol–water partition coefficient (Wildman–Crippen LogP) is 5.56. The Morgan fingerprint density at radius 1 is 1.32 bits per heavy atom. The van der Waals surface area contributed by atoms with Gasteiger partial charge in [0.2, 0.25) is 5.91 Å². The van der Waals surface area contributed by atoms with Crippen molar-refractivity contribution in [2.45, 2.75) is 30.8 Å². The number of hydrogen-bond donors (Lipinski definition) is 0. The van der Waals surface area contributed by atoms with Crippen LogP contribution in [0.2, 0.25) is 5.02 Å². The van der Waals surface area contributed by atoms with Crippen LogP contribution in [0.1, 0.15) is 18.4 Å². The fourth-order valence-electron chi connectivity index (χ4n) is 3.22. The molecule has 4 nitrogen and oxygen atoms in total. The monoisotopic (exact) mass is 432 g/mol. The van der Waals surface area contributed by atoms with E-state index in [0.717, 1.165) is 40.1 Å². The van der Waals surface area contributed by atoms with Crippen LogP contribution in [-0.2, 0) is 9.53 Å². The maximum atomic E-state index is 13.1. The predicted molar refractivity (Wildman–Crippen MR) is 118 cm³/mol. The van der Waals surface area contributed by atoms with E-state index in [9.17, 15) is 4.79 Å². The van der Waals surface area contributed by atoms with Crippen LogP contribution in [0, 0.1) is 6.92 Å². The molecule has 1 fully saturated rings. The number of fused-ring (bicyclic) bond motifs is 1. The van der Waals surface area contributed by atoms with Gasteiger partial charge in [0.05, 0.1) is 33.6 Å². The molecule has 0 bridgehead atoms. The first kappa shape index (κ1) is 19.7. The zero-order valence-corrected chi connectivity index (χ0v) is 17.9. The molecule has 146 valence electrons. The summed E-state index contributed by atoms with van der Waals surface area (Å²) in [7, 11) is 0. The minimum Gasteiger partial charge on any atom is -0.376 e. The Balaban J connectivity index is 1.60. The van der Waals surface area contributed by atoms with Crippen molar-refractivity contribution < 1.29 is 9.53 Å². The van der Waals surface area contributed by atoms with Crippen LogP contribution in [0.3, 0.4) is 0 Å². The number of nitrogens with zero attached hydrogens (tertiary/aromatic N) is 2. The summed E-state index contributed by atoms with van der Waals surface area (Å²) in [6.07, 6.45) is 2.07. The summed E-state index contributed by atoms with van der Waals surface area (Å²) in [5.74, 6) is 0.400. The fraction of sp³-hybridized carbons (Fsp3) is 0.333. The van der Waals surface area contributed by atoms with Gasteiger partial charge in [-0.15, -0.1) is 11.8 Å². The number of anilines is 1. The van der Waals surface area contributed by atoms with Crippen LogP contribution >= 0.6 is 34.7 Å². The molecule has 7 heteroatoms. The van der Waals surface area contributed by atoms with E-state index in [2.05, 4.69) is 0 Å². The molecule has 0 spiro atoms. The summed E-state index contributed by atoms with van der Waals surface area (Å²) in [5.41, 5.74) is 1.93. The van der Waals surface area contributed by atoms with Crippen molar-refractivity contribution in [1.29, 1.82) is 0 Å². The van der Waals surface area contributed by atoms with Gasteiger partial charge in [-0.25, -0.2) is 4.98 Å². The van der Waals surface area contributed by atoms with E-state index in [1.807, 2.05) is 49.4 Å². The Kier molecular flexibility index (Phi) is 6.21. The SMILES string of the molecule is Cc1ccc(Cl)c2sc(N(CC3CCCO3)C(=O)CSc3ccccc3)nc12.